The molecule has 0 amide bonds. The van der Waals surface area contributed by atoms with E-state index >= 15 is 0 Å². The third kappa shape index (κ3) is 3.50. The van der Waals surface area contributed by atoms with Crippen LogP contribution in [0, 0.1) is 0 Å². The lowest BCUT2D eigenvalue weighted by Crippen LogP contribution is -2.15. The summed E-state index contributed by atoms with van der Waals surface area (Å²) >= 11 is 0. The molecule has 0 unspecified atom stereocenters. The van der Waals surface area contributed by atoms with E-state index in [9.17, 15) is 8.42 Å². The van der Waals surface area contributed by atoms with E-state index in [0.29, 0.717) is 11.6 Å². The molecule has 25 heavy (non-hydrogen) atoms. The van der Waals surface area contributed by atoms with Crippen molar-refractivity contribution in [1.29, 1.82) is 0 Å². The summed E-state index contributed by atoms with van der Waals surface area (Å²) in [5.74, 6) is 1.08. The molecular weight excluding hydrogens is 348 g/mol. The van der Waals surface area contributed by atoms with Gasteiger partial charge in [0.2, 0.25) is 0 Å². The number of anilines is 1. The predicted octanol–water partition coefficient (Wildman–Crippen LogP) is 0.875. The quantitative estimate of drug-likeness (QED) is 0.686. The fraction of sp³-hybridized carbons (Fsp3) is 0.143. The van der Waals surface area contributed by atoms with Crippen LogP contribution in [0.25, 0.3) is 5.82 Å². The molecule has 0 radical (unpaired) electrons. The first kappa shape index (κ1) is 16.6. The van der Waals surface area contributed by atoms with Gasteiger partial charge in [-0.1, -0.05) is 0 Å². The lowest BCUT2D eigenvalue weighted by atomic mass is 10.3. The van der Waals surface area contributed by atoms with Gasteiger partial charge in [-0.05, 0) is 12.1 Å². The summed E-state index contributed by atoms with van der Waals surface area (Å²) in [6.45, 7) is 0. The second-order valence-electron chi connectivity index (χ2n) is 4.72. The summed E-state index contributed by atoms with van der Waals surface area (Å²) in [7, 11) is -1.08. The minimum atomic E-state index is -3.93. The molecule has 130 valence electrons. The van der Waals surface area contributed by atoms with Crippen LogP contribution in [0.5, 0.6) is 11.5 Å². The third-order valence-electron chi connectivity index (χ3n) is 3.21. The monoisotopic (exact) mass is 362 g/mol. The molecule has 1 N–H and O–H groups in total. The van der Waals surface area contributed by atoms with Crippen LogP contribution in [0.1, 0.15) is 0 Å². The molecule has 10 nitrogen and oxygen atoms in total. The maximum absolute atomic E-state index is 12.7. The van der Waals surface area contributed by atoms with Gasteiger partial charge in [0.25, 0.3) is 10.0 Å². The van der Waals surface area contributed by atoms with Gasteiger partial charge in [-0.3, -0.25) is 4.72 Å². The van der Waals surface area contributed by atoms with Crippen molar-refractivity contribution in [1.82, 2.24) is 24.7 Å². The van der Waals surface area contributed by atoms with Crippen molar-refractivity contribution in [3.05, 3.63) is 43.2 Å². The number of nitrogens with zero attached hydrogens (tertiary/aromatic N) is 5. The Kier molecular flexibility index (Phi) is 4.48. The first-order valence-electron chi connectivity index (χ1n) is 6.95. The topological polar surface area (TPSA) is 121 Å². The Morgan fingerprint density at radius 2 is 1.92 bits per heavy atom. The van der Waals surface area contributed by atoms with Gasteiger partial charge in [0.05, 0.1) is 14.2 Å². The van der Waals surface area contributed by atoms with Crippen molar-refractivity contribution in [2.24, 2.45) is 0 Å². The van der Waals surface area contributed by atoms with E-state index in [2.05, 4.69) is 24.8 Å². The Labute approximate surface area is 143 Å². The van der Waals surface area contributed by atoms with Gasteiger partial charge in [-0.2, -0.15) is 5.10 Å². The minimum absolute atomic E-state index is 0.0447. The number of hydrogen-bond donors (Lipinski definition) is 1. The number of aromatic nitrogens is 5. The second-order valence-corrected chi connectivity index (χ2v) is 6.37. The molecule has 0 saturated heterocycles. The molecule has 0 fully saturated rings. The van der Waals surface area contributed by atoms with Gasteiger partial charge in [0.1, 0.15) is 41.2 Å². The van der Waals surface area contributed by atoms with Crippen molar-refractivity contribution in [2.45, 2.75) is 4.90 Å². The first-order chi connectivity index (χ1) is 12.0. The molecule has 0 spiro atoms. The fourth-order valence-corrected chi connectivity index (χ4v) is 3.20. The summed E-state index contributed by atoms with van der Waals surface area (Å²) in [6, 6.07) is 5.83. The Morgan fingerprint density at radius 1 is 1.08 bits per heavy atom. The van der Waals surface area contributed by atoms with Gasteiger partial charge in [-0.15, -0.1) is 0 Å². The first-order valence-corrected chi connectivity index (χ1v) is 8.43. The minimum Gasteiger partial charge on any atom is -0.497 e. The van der Waals surface area contributed by atoms with Crippen LogP contribution in [0.3, 0.4) is 0 Å². The van der Waals surface area contributed by atoms with Crippen LogP contribution >= 0.6 is 0 Å². The van der Waals surface area contributed by atoms with Crippen molar-refractivity contribution < 1.29 is 17.9 Å². The molecule has 0 aliphatic carbocycles. The third-order valence-corrected chi connectivity index (χ3v) is 4.60. The second kappa shape index (κ2) is 6.73. The van der Waals surface area contributed by atoms with Gasteiger partial charge in [0.15, 0.2) is 5.82 Å². The Hall–Kier alpha value is -3.21. The smallest absolute Gasteiger partial charge is 0.266 e. The Balaban J connectivity index is 1.93. The van der Waals surface area contributed by atoms with Crippen molar-refractivity contribution in [3.8, 4) is 17.3 Å². The van der Waals surface area contributed by atoms with Crippen LogP contribution in [0.15, 0.2) is 48.1 Å². The molecule has 3 rings (SSSR count). The molecule has 0 aliphatic heterocycles. The van der Waals surface area contributed by atoms with Crippen LogP contribution in [0.2, 0.25) is 0 Å². The van der Waals surface area contributed by atoms with Crippen molar-refractivity contribution >= 4 is 15.8 Å². The van der Waals surface area contributed by atoms with Crippen molar-refractivity contribution in [3.63, 3.8) is 0 Å². The van der Waals surface area contributed by atoms with Gasteiger partial charge in [0, 0.05) is 12.1 Å². The van der Waals surface area contributed by atoms with E-state index < -0.39 is 10.0 Å². The highest BCUT2D eigenvalue weighted by Gasteiger charge is 2.21. The van der Waals surface area contributed by atoms with Gasteiger partial charge < -0.3 is 9.47 Å². The summed E-state index contributed by atoms with van der Waals surface area (Å²) in [4.78, 5) is 11.7. The standard InChI is InChI=1S/C14H14N6O4S/c1-23-10-3-4-12(11(5-10)24-2)25(21,22)19-13-6-14(17-8-16-13)20-9-15-7-18-20/h3-9H,1-2H3,(H,16,17,19). The molecule has 2 heterocycles. The lowest BCUT2D eigenvalue weighted by molar-refractivity contribution is 0.386. The molecule has 0 aliphatic rings. The SMILES string of the molecule is COc1ccc(S(=O)(=O)Nc2cc(-n3cncn3)ncn2)c(OC)c1. The van der Waals surface area contributed by atoms with Crippen LogP contribution in [-0.2, 0) is 10.0 Å². The highest BCUT2D eigenvalue weighted by molar-refractivity contribution is 7.92. The molecule has 11 heteroatoms. The maximum atomic E-state index is 12.7. The lowest BCUT2D eigenvalue weighted by Gasteiger charge is -2.12. The average Bonchev–Trinajstić information content (AvgIpc) is 3.15. The number of hydrogen-bond acceptors (Lipinski definition) is 8. The van der Waals surface area contributed by atoms with Crippen LogP contribution in [0.4, 0.5) is 5.82 Å². The largest absolute Gasteiger partial charge is 0.497 e. The number of methoxy groups -OCH3 is 2. The molecular formula is C14H14N6O4S. The molecule has 0 atom stereocenters. The average molecular weight is 362 g/mol. The number of sulfonamides is 1. The maximum Gasteiger partial charge on any atom is 0.266 e. The number of ether oxygens (including phenoxy) is 2. The van der Waals surface area contributed by atoms with Crippen LogP contribution in [-0.4, -0.2) is 47.4 Å². The zero-order chi connectivity index (χ0) is 17.9. The predicted molar refractivity (Wildman–Crippen MR) is 87.3 cm³/mol. The zero-order valence-electron chi connectivity index (χ0n) is 13.3. The van der Waals surface area contributed by atoms with E-state index in [1.54, 1.807) is 0 Å². The van der Waals surface area contributed by atoms with Crippen molar-refractivity contribution in [2.75, 3.05) is 18.9 Å². The van der Waals surface area contributed by atoms with E-state index in [0.717, 1.165) is 0 Å². The van der Waals surface area contributed by atoms with Crippen LogP contribution < -0.4 is 14.2 Å². The van der Waals surface area contributed by atoms with E-state index in [1.807, 2.05) is 0 Å². The van der Waals surface area contributed by atoms with Gasteiger partial charge in [-0.25, -0.2) is 28.1 Å². The summed E-state index contributed by atoms with van der Waals surface area (Å²) in [5, 5.41) is 3.93. The molecule has 1 aromatic carbocycles. The molecule has 3 aromatic rings. The Bertz CT molecular complexity index is 975. The summed E-state index contributed by atoms with van der Waals surface area (Å²) in [6.07, 6.45) is 4.00. The zero-order valence-corrected chi connectivity index (χ0v) is 14.1. The van der Waals surface area contributed by atoms with E-state index in [1.165, 1.54) is 62.1 Å². The highest BCUT2D eigenvalue weighted by Crippen LogP contribution is 2.29. The number of rotatable bonds is 6. The number of benzene rings is 1. The van der Waals surface area contributed by atoms with Gasteiger partial charge >= 0.3 is 0 Å². The molecule has 0 saturated carbocycles. The fourth-order valence-electron chi connectivity index (χ4n) is 2.04. The molecule has 2 aromatic heterocycles. The van der Waals surface area contributed by atoms with E-state index in [-0.39, 0.29) is 16.5 Å². The normalized spacial score (nSPS) is 11.1. The summed E-state index contributed by atoms with van der Waals surface area (Å²) in [5.41, 5.74) is 0. The molecule has 0 bridgehead atoms. The summed E-state index contributed by atoms with van der Waals surface area (Å²) < 4.78 is 39.3. The Morgan fingerprint density at radius 3 is 2.60 bits per heavy atom. The number of nitrogens with one attached hydrogen (secondary N) is 1. The highest BCUT2D eigenvalue weighted by atomic mass is 32.2. The van der Waals surface area contributed by atoms with E-state index in [4.69, 9.17) is 9.47 Å².